The maximum absolute atomic E-state index is 12.4. The highest BCUT2D eigenvalue weighted by Gasteiger charge is 2.21. The fourth-order valence-electron chi connectivity index (χ4n) is 1.65. The van der Waals surface area contributed by atoms with Crippen molar-refractivity contribution >= 4 is 58.9 Å². The van der Waals surface area contributed by atoms with E-state index in [1.807, 2.05) is 17.7 Å². The molecule has 0 radical (unpaired) electrons. The van der Waals surface area contributed by atoms with E-state index < -0.39 is 10.0 Å². The van der Waals surface area contributed by atoms with Crippen LogP contribution >= 0.6 is 43.2 Å². The largest absolute Gasteiger partial charge is 0.399 e. The van der Waals surface area contributed by atoms with Crippen LogP contribution in [0, 0.1) is 6.92 Å². The fraction of sp³-hybridized carbons (Fsp3) is 0.167. The molecule has 2 aromatic rings. The number of rotatable bonds is 4. The smallest absolute Gasteiger partial charge is 0.243 e. The molecule has 0 aliphatic rings. The number of nitrogens with two attached hydrogens (primary N) is 1. The minimum Gasteiger partial charge on any atom is -0.399 e. The van der Waals surface area contributed by atoms with Crippen LogP contribution in [0.3, 0.4) is 0 Å². The molecule has 0 bridgehead atoms. The van der Waals surface area contributed by atoms with Crippen LogP contribution in [0.25, 0.3) is 0 Å². The van der Waals surface area contributed by atoms with Crippen LogP contribution in [-0.2, 0) is 16.6 Å². The van der Waals surface area contributed by atoms with Gasteiger partial charge in [-0.15, -0.1) is 0 Å². The van der Waals surface area contributed by atoms with Crippen molar-refractivity contribution in [3.8, 4) is 0 Å². The van der Waals surface area contributed by atoms with Crippen molar-refractivity contribution in [1.82, 2.24) is 4.72 Å². The Labute approximate surface area is 138 Å². The Morgan fingerprint density at radius 3 is 2.35 bits per heavy atom. The van der Waals surface area contributed by atoms with Gasteiger partial charge < -0.3 is 5.73 Å². The second-order valence-corrected chi connectivity index (χ2v) is 8.37. The van der Waals surface area contributed by atoms with E-state index in [2.05, 4.69) is 36.6 Å². The lowest BCUT2D eigenvalue weighted by atomic mass is 10.2. The summed E-state index contributed by atoms with van der Waals surface area (Å²) in [5.41, 5.74) is 8.20. The van der Waals surface area contributed by atoms with Crippen molar-refractivity contribution < 1.29 is 8.42 Å². The van der Waals surface area contributed by atoms with Crippen molar-refractivity contribution in [2.24, 2.45) is 0 Å². The second-order valence-electron chi connectivity index (χ2n) is 4.22. The third kappa shape index (κ3) is 3.43. The maximum Gasteiger partial charge on any atom is 0.243 e. The first-order valence-corrected chi connectivity index (χ1v) is 9.58. The first kappa shape index (κ1) is 16.0. The first-order valence-electron chi connectivity index (χ1n) is 5.57. The van der Waals surface area contributed by atoms with Crippen molar-refractivity contribution in [3.63, 3.8) is 0 Å². The first-order chi connectivity index (χ1) is 9.31. The van der Waals surface area contributed by atoms with Crippen LogP contribution in [0.15, 0.2) is 36.7 Å². The molecule has 0 saturated carbocycles. The highest BCUT2D eigenvalue weighted by molar-refractivity contribution is 9.11. The molecule has 0 spiro atoms. The molecule has 2 rings (SSSR count). The number of thiophene rings is 1. The highest BCUT2D eigenvalue weighted by atomic mass is 79.9. The molecule has 8 heteroatoms. The molecule has 0 saturated heterocycles. The van der Waals surface area contributed by atoms with Crippen LogP contribution in [0.1, 0.15) is 11.1 Å². The van der Waals surface area contributed by atoms with E-state index in [1.165, 1.54) is 0 Å². The van der Waals surface area contributed by atoms with Crippen LogP contribution in [0.2, 0.25) is 0 Å². The van der Waals surface area contributed by atoms with Crippen LogP contribution < -0.4 is 10.5 Å². The zero-order valence-electron chi connectivity index (χ0n) is 10.5. The number of nitrogen functional groups attached to an aromatic ring is 1. The van der Waals surface area contributed by atoms with Gasteiger partial charge in [0.05, 0.1) is 0 Å². The molecule has 0 fully saturated rings. The summed E-state index contributed by atoms with van der Waals surface area (Å²) < 4.78 is 28.2. The van der Waals surface area contributed by atoms with Gasteiger partial charge in [0, 0.05) is 21.2 Å². The number of aryl methyl sites for hydroxylation is 1. The van der Waals surface area contributed by atoms with E-state index in [0.717, 1.165) is 11.1 Å². The monoisotopic (exact) mass is 438 g/mol. The number of hydrogen-bond donors (Lipinski definition) is 2. The Kier molecular flexibility index (Phi) is 4.91. The predicted molar refractivity (Wildman–Crippen MR) is 89.3 cm³/mol. The van der Waals surface area contributed by atoms with E-state index in [4.69, 9.17) is 5.73 Å². The van der Waals surface area contributed by atoms with E-state index in [1.54, 1.807) is 23.5 Å². The lowest BCUT2D eigenvalue weighted by molar-refractivity contribution is 0.580. The van der Waals surface area contributed by atoms with Gasteiger partial charge in [-0.3, -0.25) is 0 Å². The summed E-state index contributed by atoms with van der Waals surface area (Å²) in [4.78, 5) is 0.152. The quantitative estimate of drug-likeness (QED) is 0.714. The summed E-state index contributed by atoms with van der Waals surface area (Å²) in [5, 5.41) is 3.92. The van der Waals surface area contributed by atoms with Gasteiger partial charge in [0.1, 0.15) is 4.90 Å². The molecular formula is C12H12Br2N2O2S2. The lowest BCUT2D eigenvalue weighted by Gasteiger charge is -2.11. The number of hydrogen-bond acceptors (Lipinski definition) is 4. The molecule has 4 nitrogen and oxygen atoms in total. The summed E-state index contributed by atoms with van der Waals surface area (Å²) in [6.07, 6.45) is 0. The average Bonchev–Trinajstić information content (AvgIpc) is 2.70. The number of sulfonamides is 1. The molecule has 0 amide bonds. The number of halogens is 2. The number of benzene rings is 1. The fourth-order valence-corrected chi connectivity index (χ4v) is 6.13. The van der Waals surface area contributed by atoms with Gasteiger partial charge in [-0.2, -0.15) is 11.3 Å². The van der Waals surface area contributed by atoms with Crippen molar-refractivity contribution in [1.29, 1.82) is 0 Å². The molecule has 0 unspecified atom stereocenters. The predicted octanol–water partition coefficient (Wildman–Crippen LogP) is 3.64. The van der Waals surface area contributed by atoms with Gasteiger partial charge in [-0.05, 0) is 72.8 Å². The molecular weight excluding hydrogens is 428 g/mol. The third-order valence-corrected chi connectivity index (χ3v) is 6.89. The molecule has 0 aliphatic heterocycles. The lowest BCUT2D eigenvalue weighted by Crippen LogP contribution is -2.24. The molecule has 0 aliphatic carbocycles. The normalized spacial score (nSPS) is 11.8. The van der Waals surface area contributed by atoms with Gasteiger partial charge in [0.2, 0.25) is 10.0 Å². The summed E-state index contributed by atoms with van der Waals surface area (Å²) in [5.74, 6) is 0. The van der Waals surface area contributed by atoms with Crippen LogP contribution in [0.5, 0.6) is 0 Å². The zero-order valence-corrected chi connectivity index (χ0v) is 15.3. The summed E-state index contributed by atoms with van der Waals surface area (Å²) >= 11 is 8.03. The van der Waals surface area contributed by atoms with Gasteiger partial charge in [0.15, 0.2) is 0 Å². The molecule has 1 aromatic carbocycles. The average molecular weight is 440 g/mol. The van der Waals surface area contributed by atoms with Crippen LogP contribution in [0.4, 0.5) is 5.69 Å². The SMILES string of the molecule is Cc1cscc1CNS(=O)(=O)c1c(Br)cc(N)cc1Br. The van der Waals surface area contributed by atoms with Crippen molar-refractivity contribution in [2.75, 3.05) is 5.73 Å². The summed E-state index contributed by atoms with van der Waals surface area (Å²) in [6.45, 7) is 2.22. The van der Waals surface area contributed by atoms with Crippen molar-refractivity contribution in [2.45, 2.75) is 18.4 Å². The highest BCUT2D eigenvalue weighted by Crippen LogP contribution is 2.32. The maximum atomic E-state index is 12.4. The standard InChI is InChI=1S/C12H12Br2N2O2S2/c1-7-5-19-6-8(7)4-16-20(17,18)12-10(13)2-9(15)3-11(12)14/h2-3,5-6,16H,4,15H2,1H3. The molecule has 20 heavy (non-hydrogen) atoms. The Hall–Kier alpha value is -0.410. The van der Waals surface area contributed by atoms with Crippen molar-refractivity contribution in [3.05, 3.63) is 43.0 Å². The Morgan fingerprint density at radius 1 is 1.25 bits per heavy atom. The minimum atomic E-state index is -3.63. The van der Waals surface area contributed by atoms with E-state index in [0.29, 0.717) is 14.6 Å². The molecule has 1 heterocycles. The van der Waals surface area contributed by atoms with Crippen LogP contribution in [-0.4, -0.2) is 8.42 Å². The Balaban J connectivity index is 2.30. The zero-order chi connectivity index (χ0) is 14.9. The summed E-state index contributed by atoms with van der Waals surface area (Å²) in [6, 6.07) is 3.13. The van der Waals surface area contributed by atoms with E-state index in [9.17, 15) is 8.42 Å². The molecule has 0 atom stereocenters. The topological polar surface area (TPSA) is 72.2 Å². The van der Waals surface area contributed by atoms with Gasteiger partial charge >= 0.3 is 0 Å². The number of anilines is 1. The van der Waals surface area contributed by atoms with Gasteiger partial charge in [-0.25, -0.2) is 13.1 Å². The molecule has 108 valence electrons. The van der Waals surface area contributed by atoms with Gasteiger partial charge in [-0.1, -0.05) is 0 Å². The Morgan fingerprint density at radius 2 is 1.85 bits per heavy atom. The molecule has 3 N–H and O–H groups in total. The third-order valence-electron chi connectivity index (χ3n) is 2.70. The molecule has 1 aromatic heterocycles. The van der Waals surface area contributed by atoms with Gasteiger partial charge in [0.25, 0.3) is 0 Å². The number of nitrogens with one attached hydrogen (secondary N) is 1. The Bertz CT molecular complexity index is 719. The second kappa shape index (κ2) is 6.15. The minimum absolute atomic E-state index is 0.152. The van der Waals surface area contributed by atoms with E-state index in [-0.39, 0.29) is 11.4 Å². The van der Waals surface area contributed by atoms with E-state index >= 15 is 0 Å². The summed E-state index contributed by atoms with van der Waals surface area (Å²) in [7, 11) is -3.63.